The quantitative estimate of drug-likeness (QED) is 0.161. The minimum absolute atomic E-state index is 0.0390. The Hall–Kier alpha value is -4.54. The van der Waals surface area contributed by atoms with Crippen molar-refractivity contribution in [3.8, 4) is 28.7 Å². The summed E-state index contributed by atoms with van der Waals surface area (Å²) in [7, 11) is 0. The molecule has 0 aliphatic rings. The molecule has 0 aliphatic carbocycles. The number of nitro benzene ring substituents is 1. The number of para-hydroxylation sites is 1. The third kappa shape index (κ3) is 4.03. The Morgan fingerprint density at radius 1 is 1.03 bits per heavy atom. The van der Waals surface area contributed by atoms with Gasteiger partial charge in [0.2, 0.25) is 0 Å². The summed E-state index contributed by atoms with van der Waals surface area (Å²) in [5.41, 5.74) is 2.47. The number of fused-ring (bicyclic) bond motifs is 1. The van der Waals surface area contributed by atoms with Gasteiger partial charge in [-0.05, 0) is 35.0 Å². The van der Waals surface area contributed by atoms with Crippen LogP contribution in [0.25, 0.3) is 45.0 Å². The Labute approximate surface area is 192 Å². The van der Waals surface area contributed by atoms with E-state index in [9.17, 15) is 15.4 Å². The van der Waals surface area contributed by atoms with Crippen LogP contribution in [0.5, 0.6) is 0 Å². The highest BCUT2D eigenvalue weighted by molar-refractivity contribution is 7.11. The van der Waals surface area contributed by atoms with Gasteiger partial charge in [0.05, 0.1) is 21.8 Å². The first-order chi connectivity index (χ1) is 16.1. The summed E-state index contributed by atoms with van der Waals surface area (Å²) >= 11 is 1.38. The first-order valence-electron chi connectivity index (χ1n) is 10.0. The minimum Gasteiger partial charge on any atom is -0.456 e. The zero-order valence-electron chi connectivity index (χ0n) is 17.1. The SMILES string of the molecule is N#CC(=Cc1ccc(-c2ccccc2[N+](=O)[O-])o1)c1nc(-c2ccc3ccccc3c2)cs1. The predicted octanol–water partition coefficient (Wildman–Crippen LogP) is 7.20. The average molecular weight is 449 g/mol. The molecule has 0 spiro atoms. The fourth-order valence-corrected chi connectivity index (χ4v) is 4.37. The normalized spacial score (nSPS) is 11.4. The predicted molar refractivity (Wildman–Crippen MR) is 129 cm³/mol. The lowest BCUT2D eigenvalue weighted by molar-refractivity contribution is -0.384. The minimum atomic E-state index is -0.446. The molecular formula is C26H15N3O3S. The van der Waals surface area contributed by atoms with E-state index in [0.717, 1.165) is 22.0 Å². The zero-order valence-corrected chi connectivity index (χ0v) is 18.0. The highest BCUT2D eigenvalue weighted by Crippen LogP contribution is 2.33. The molecule has 5 rings (SSSR count). The van der Waals surface area contributed by atoms with Crippen molar-refractivity contribution in [2.45, 2.75) is 0 Å². The largest absolute Gasteiger partial charge is 0.456 e. The Morgan fingerprint density at radius 2 is 1.82 bits per heavy atom. The van der Waals surface area contributed by atoms with Crippen molar-refractivity contribution in [1.82, 2.24) is 4.98 Å². The van der Waals surface area contributed by atoms with E-state index >= 15 is 0 Å². The van der Waals surface area contributed by atoms with Crippen molar-refractivity contribution >= 4 is 39.4 Å². The number of nitriles is 1. The fourth-order valence-electron chi connectivity index (χ4n) is 3.58. The van der Waals surface area contributed by atoms with Gasteiger partial charge >= 0.3 is 0 Å². The first-order valence-corrected chi connectivity index (χ1v) is 10.9. The van der Waals surface area contributed by atoms with E-state index in [2.05, 4.69) is 35.3 Å². The lowest BCUT2D eigenvalue weighted by Gasteiger charge is -2.01. The van der Waals surface area contributed by atoms with Crippen LogP contribution in [-0.4, -0.2) is 9.91 Å². The lowest BCUT2D eigenvalue weighted by Crippen LogP contribution is -1.90. The molecule has 5 aromatic rings. The van der Waals surface area contributed by atoms with Crippen LogP contribution in [0.3, 0.4) is 0 Å². The molecule has 0 saturated heterocycles. The number of benzene rings is 3. The van der Waals surface area contributed by atoms with Crippen molar-refractivity contribution in [2.24, 2.45) is 0 Å². The fraction of sp³-hybridized carbons (Fsp3) is 0. The number of aromatic nitrogens is 1. The van der Waals surface area contributed by atoms with Gasteiger partial charge in [-0.2, -0.15) is 5.26 Å². The summed E-state index contributed by atoms with van der Waals surface area (Å²) in [6.45, 7) is 0. The summed E-state index contributed by atoms with van der Waals surface area (Å²) in [4.78, 5) is 15.5. The molecule has 0 aliphatic heterocycles. The molecule has 158 valence electrons. The van der Waals surface area contributed by atoms with E-state index in [-0.39, 0.29) is 5.69 Å². The van der Waals surface area contributed by atoms with Crippen LogP contribution in [0.15, 0.2) is 88.7 Å². The van der Waals surface area contributed by atoms with Crippen LogP contribution in [0.2, 0.25) is 0 Å². The standard InChI is InChI=1S/C26H15N3O3S/c27-15-20(14-21-11-12-25(32-21)22-7-3-4-8-24(22)29(30)31)26-28-23(16-33-26)19-10-9-17-5-1-2-6-18(17)13-19/h1-14,16H. The van der Waals surface area contributed by atoms with Crippen LogP contribution >= 0.6 is 11.3 Å². The molecule has 0 saturated carbocycles. The van der Waals surface area contributed by atoms with E-state index < -0.39 is 4.92 Å². The number of rotatable bonds is 5. The summed E-state index contributed by atoms with van der Waals surface area (Å²) in [5.74, 6) is 0.781. The number of furan rings is 1. The monoisotopic (exact) mass is 449 g/mol. The molecule has 0 radical (unpaired) electrons. The molecule has 33 heavy (non-hydrogen) atoms. The van der Waals surface area contributed by atoms with Crippen LogP contribution in [0.4, 0.5) is 5.69 Å². The van der Waals surface area contributed by atoms with Gasteiger partial charge in [-0.3, -0.25) is 10.1 Å². The van der Waals surface area contributed by atoms with Gasteiger partial charge < -0.3 is 4.42 Å². The van der Waals surface area contributed by atoms with E-state index in [1.54, 1.807) is 36.4 Å². The summed E-state index contributed by atoms with van der Waals surface area (Å²) in [5, 5.41) is 25.8. The molecule has 6 nitrogen and oxygen atoms in total. The second-order valence-corrected chi connectivity index (χ2v) is 8.10. The maximum atomic E-state index is 11.3. The van der Waals surface area contributed by atoms with Gasteiger partial charge in [0, 0.05) is 23.1 Å². The third-order valence-electron chi connectivity index (χ3n) is 5.18. The second kappa shape index (κ2) is 8.54. The maximum absolute atomic E-state index is 11.3. The first kappa shape index (κ1) is 20.4. The van der Waals surface area contributed by atoms with Crippen LogP contribution < -0.4 is 0 Å². The Kier molecular flexibility index (Phi) is 5.27. The molecule has 0 bridgehead atoms. The number of allylic oxidation sites excluding steroid dienone is 1. The smallest absolute Gasteiger partial charge is 0.280 e. The Morgan fingerprint density at radius 3 is 2.64 bits per heavy atom. The van der Waals surface area contributed by atoms with Crippen molar-refractivity contribution in [2.75, 3.05) is 0 Å². The van der Waals surface area contributed by atoms with Gasteiger partial charge in [0.25, 0.3) is 5.69 Å². The Bertz CT molecular complexity index is 1570. The summed E-state index contributed by atoms with van der Waals surface area (Å²) in [6.07, 6.45) is 1.60. The van der Waals surface area contributed by atoms with Gasteiger partial charge in [0.15, 0.2) is 0 Å². The van der Waals surface area contributed by atoms with Crippen molar-refractivity contribution in [1.29, 1.82) is 5.26 Å². The molecule has 0 atom stereocenters. The van der Waals surface area contributed by atoms with Gasteiger partial charge in [-0.15, -0.1) is 11.3 Å². The number of hydrogen-bond donors (Lipinski definition) is 0. The zero-order chi connectivity index (χ0) is 22.8. The van der Waals surface area contributed by atoms with Gasteiger partial charge in [-0.25, -0.2) is 4.98 Å². The number of nitro groups is 1. The molecule has 3 aromatic carbocycles. The average Bonchev–Trinajstić information content (AvgIpc) is 3.52. The molecule has 2 heterocycles. The lowest BCUT2D eigenvalue weighted by atomic mass is 10.1. The summed E-state index contributed by atoms with van der Waals surface area (Å²) in [6, 6.07) is 26.2. The van der Waals surface area contributed by atoms with Crippen LogP contribution in [0, 0.1) is 21.4 Å². The van der Waals surface area contributed by atoms with Gasteiger partial charge in [-0.1, -0.05) is 48.5 Å². The topological polar surface area (TPSA) is 93.0 Å². The second-order valence-electron chi connectivity index (χ2n) is 7.25. The van der Waals surface area contributed by atoms with E-state index in [1.165, 1.54) is 17.4 Å². The van der Waals surface area contributed by atoms with Crippen molar-refractivity contribution in [3.63, 3.8) is 0 Å². The van der Waals surface area contributed by atoms with Crippen molar-refractivity contribution < 1.29 is 9.34 Å². The van der Waals surface area contributed by atoms with Crippen molar-refractivity contribution in [3.05, 3.63) is 105 Å². The molecule has 0 amide bonds. The third-order valence-corrected chi connectivity index (χ3v) is 6.06. The highest BCUT2D eigenvalue weighted by atomic mass is 32.1. The number of thiazole rings is 1. The molecule has 0 unspecified atom stereocenters. The van der Waals surface area contributed by atoms with E-state index in [4.69, 9.17) is 4.42 Å². The molecule has 0 N–H and O–H groups in total. The number of nitrogens with zero attached hydrogens (tertiary/aromatic N) is 3. The highest BCUT2D eigenvalue weighted by Gasteiger charge is 2.17. The molecule has 7 heteroatoms. The maximum Gasteiger partial charge on any atom is 0.280 e. The van der Waals surface area contributed by atoms with Crippen LogP contribution in [-0.2, 0) is 0 Å². The molecule has 2 aromatic heterocycles. The van der Waals surface area contributed by atoms with E-state index in [1.807, 2.05) is 23.6 Å². The Balaban J connectivity index is 1.46. The van der Waals surface area contributed by atoms with Crippen LogP contribution in [0.1, 0.15) is 10.8 Å². The molecular weight excluding hydrogens is 434 g/mol. The summed E-state index contributed by atoms with van der Waals surface area (Å²) < 4.78 is 5.80. The van der Waals surface area contributed by atoms with Gasteiger partial charge in [0.1, 0.15) is 22.6 Å². The van der Waals surface area contributed by atoms with E-state index in [0.29, 0.717) is 27.7 Å². The molecule has 0 fully saturated rings. The number of hydrogen-bond acceptors (Lipinski definition) is 6.